The van der Waals surface area contributed by atoms with Crippen LogP contribution in [-0.4, -0.2) is 42.8 Å². The maximum atomic E-state index is 12.5. The second kappa shape index (κ2) is 12.7. The molecule has 0 saturated carbocycles. The van der Waals surface area contributed by atoms with Gasteiger partial charge in [0.05, 0.1) is 30.4 Å². The number of benzene rings is 3. The summed E-state index contributed by atoms with van der Waals surface area (Å²) >= 11 is 0. The first-order chi connectivity index (χ1) is 17.8. The normalized spacial score (nSPS) is 11.4. The SMILES string of the molecule is CCOc1ccc(C(=O)Oc2ccc(/C=N/NC(=O)C(C)Oc3ccccc3[N+](=O)[O-])cc2OC)cc1. The summed E-state index contributed by atoms with van der Waals surface area (Å²) in [6.45, 7) is 3.83. The average molecular weight is 507 g/mol. The number of nitro benzene ring substituents is 1. The van der Waals surface area contributed by atoms with Crippen molar-refractivity contribution in [3.63, 3.8) is 0 Å². The van der Waals surface area contributed by atoms with Crippen molar-refractivity contribution in [3.8, 4) is 23.0 Å². The molecule has 3 aromatic rings. The Kier molecular flexibility index (Phi) is 9.14. The van der Waals surface area contributed by atoms with Crippen LogP contribution in [0.2, 0.25) is 0 Å². The summed E-state index contributed by atoms with van der Waals surface area (Å²) in [4.78, 5) is 35.3. The maximum absolute atomic E-state index is 12.5. The van der Waals surface area contributed by atoms with Crippen LogP contribution in [0, 0.1) is 10.1 Å². The number of hydrogen-bond acceptors (Lipinski definition) is 9. The second-order valence-corrected chi connectivity index (χ2v) is 7.48. The van der Waals surface area contributed by atoms with Crippen LogP contribution in [0.15, 0.2) is 71.8 Å². The van der Waals surface area contributed by atoms with E-state index in [1.807, 2.05) is 6.92 Å². The molecule has 0 saturated heterocycles. The molecule has 0 bridgehead atoms. The molecule has 0 heterocycles. The van der Waals surface area contributed by atoms with Gasteiger partial charge >= 0.3 is 11.7 Å². The fraction of sp³-hybridized carbons (Fsp3) is 0.192. The van der Waals surface area contributed by atoms with E-state index in [0.717, 1.165) is 0 Å². The number of hydrazone groups is 1. The maximum Gasteiger partial charge on any atom is 0.343 e. The molecule has 0 aliphatic heterocycles. The number of amides is 1. The summed E-state index contributed by atoms with van der Waals surface area (Å²) in [7, 11) is 1.42. The molecule has 0 radical (unpaired) electrons. The number of para-hydroxylation sites is 2. The third-order valence-electron chi connectivity index (χ3n) is 4.91. The molecule has 0 aromatic heterocycles. The highest BCUT2D eigenvalue weighted by atomic mass is 16.6. The van der Waals surface area contributed by atoms with Gasteiger partial charge in [-0.25, -0.2) is 10.2 Å². The smallest absolute Gasteiger partial charge is 0.343 e. The van der Waals surface area contributed by atoms with Gasteiger partial charge in [-0.1, -0.05) is 12.1 Å². The van der Waals surface area contributed by atoms with Crippen LogP contribution in [0.1, 0.15) is 29.8 Å². The molecule has 0 aliphatic carbocycles. The first-order valence-electron chi connectivity index (χ1n) is 11.2. The largest absolute Gasteiger partial charge is 0.494 e. The standard InChI is InChI=1S/C26H25N3O8/c1-4-35-20-12-10-19(11-13-20)26(31)37-23-14-9-18(15-24(23)34-3)16-27-28-25(30)17(2)36-22-8-6-5-7-21(22)29(32)33/h5-17H,4H2,1-3H3,(H,28,30)/b27-16+. The molecule has 0 spiro atoms. The van der Waals surface area contributed by atoms with Gasteiger partial charge in [0.25, 0.3) is 5.91 Å². The van der Waals surface area contributed by atoms with Crippen molar-refractivity contribution >= 4 is 23.8 Å². The van der Waals surface area contributed by atoms with E-state index in [1.54, 1.807) is 42.5 Å². The number of nitrogens with zero attached hydrogens (tertiary/aromatic N) is 2. The minimum absolute atomic E-state index is 0.0285. The van der Waals surface area contributed by atoms with Gasteiger partial charge in [0.15, 0.2) is 23.4 Å². The molecule has 1 amide bonds. The molecule has 192 valence electrons. The van der Waals surface area contributed by atoms with E-state index in [0.29, 0.717) is 23.5 Å². The second-order valence-electron chi connectivity index (χ2n) is 7.48. The van der Waals surface area contributed by atoms with E-state index in [-0.39, 0.29) is 22.9 Å². The first-order valence-corrected chi connectivity index (χ1v) is 11.2. The minimum Gasteiger partial charge on any atom is -0.494 e. The van der Waals surface area contributed by atoms with Gasteiger partial charge in [0.1, 0.15) is 5.75 Å². The Labute approximate surface area is 212 Å². The zero-order valence-corrected chi connectivity index (χ0v) is 20.4. The molecule has 11 heteroatoms. The Balaban J connectivity index is 1.60. The van der Waals surface area contributed by atoms with Gasteiger partial charge in [0.2, 0.25) is 0 Å². The monoisotopic (exact) mass is 507 g/mol. The zero-order valence-electron chi connectivity index (χ0n) is 20.4. The summed E-state index contributed by atoms with van der Waals surface area (Å²) in [5.41, 5.74) is 2.96. The Morgan fingerprint density at radius 1 is 1.05 bits per heavy atom. The number of carbonyl (C=O) groups excluding carboxylic acids is 2. The van der Waals surface area contributed by atoms with Crippen molar-refractivity contribution in [2.75, 3.05) is 13.7 Å². The van der Waals surface area contributed by atoms with E-state index in [2.05, 4.69) is 10.5 Å². The number of hydrogen-bond donors (Lipinski definition) is 1. The number of nitrogens with one attached hydrogen (secondary N) is 1. The van der Waals surface area contributed by atoms with Crippen molar-refractivity contribution in [1.29, 1.82) is 0 Å². The Morgan fingerprint density at radius 3 is 2.46 bits per heavy atom. The lowest BCUT2D eigenvalue weighted by Gasteiger charge is -2.13. The van der Waals surface area contributed by atoms with Crippen LogP contribution in [0.5, 0.6) is 23.0 Å². The molecule has 37 heavy (non-hydrogen) atoms. The van der Waals surface area contributed by atoms with Gasteiger partial charge < -0.3 is 18.9 Å². The highest BCUT2D eigenvalue weighted by Crippen LogP contribution is 2.29. The quantitative estimate of drug-likeness (QED) is 0.134. The summed E-state index contributed by atoms with van der Waals surface area (Å²) in [6, 6.07) is 17.0. The van der Waals surface area contributed by atoms with E-state index in [1.165, 1.54) is 44.5 Å². The van der Waals surface area contributed by atoms with E-state index in [4.69, 9.17) is 18.9 Å². The number of rotatable bonds is 11. The fourth-order valence-electron chi connectivity index (χ4n) is 3.07. The number of ether oxygens (including phenoxy) is 4. The molecule has 3 rings (SSSR count). The Hall–Kier alpha value is -4.93. The van der Waals surface area contributed by atoms with Gasteiger partial charge in [-0.2, -0.15) is 5.10 Å². The van der Waals surface area contributed by atoms with Crippen molar-refractivity contribution in [3.05, 3.63) is 88.0 Å². The van der Waals surface area contributed by atoms with Crippen molar-refractivity contribution in [2.24, 2.45) is 5.10 Å². The lowest BCUT2D eigenvalue weighted by molar-refractivity contribution is -0.386. The molecule has 3 aromatic carbocycles. The fourth-order valence-corrected chi connectivity index (χ4v) is 3.07. The lowest BCUT2D eigenvalue weighted by Crippen LogP contribution is -2.33. The van der Waals surface area contributed by atoms with Crippen LogP contribution in [0.25, 0.3) is 0 Å². The molecule has 11 nitrogen and oxygen atoms in total. The third kappa shape index (κ3) is 7.28. The van der Waals surface area contributed by atoms with Crippen molar-refractivity contribution in [2.45, 2.75) is 20.0 Å². The van der Waals surface area contributed by atoms with Crippen LogP contribution >= 0.6 is 0 Å². The molecule has 1 unspecified atom stereocenters. The average Bonchev–Trinajstić information content (AvgIpc) is 2.90. The summed E-state index contributed by atoms with van der Waals surface area (Å²) in [5, 5.41) is 15.0. The minimum atomic E-state index is -1.04. The van der Waals surface area contributed by atoms with Crippen LogP contribution in [0.4, 0.5) is 5.69 Å². The number of esters is 1. The molecular weight excluding hydrogens is 482 g/mol. The molecule has 0 fully saturated rings. The number of methoxy groups -OCH3 is 1. The zero-order chi connectivity index (χ0) is 26.8. The molecule has 1 N–H and O–H groups in total. The molecule has 1 atom stereocenters. The Bertz CT molecular complexity index is 1290. The predicted octanol–water partition coefficient (Wildman–Crippen LogP) is 4.14. The topological polar surface area (TPSA) is 139 Å². The third-order valence-corrected chi connectivity index (χ3v) is 4.91. The first kappa shape index (κ1) is 26.7. The van der Waals surface area contributed by atoms with Gasteiger partial charge in [0, 0.05) is 6.07 Å². The van der Waals surface area contributed by atoms with Crippen molar-refractivity contribution in [1.82, 2.24) is 5.43 Å². The van der Waals surface area contributed by atoms with E-state index < -0.39 is 22.9 Å². The molecular formula is C26H25N3O8. The Morgan fingerprint density at radius 2 is 1.78 bits per heavy atom. The number of nitro groups is 1. The highest BCUT2D eigenvalue weighted by Gasteiger charge is 2.20. The molecule has 0 aliphatic rings. The lowest BCUT2D eigenvalue weighted by atomic mass is 10.2. The highest BCUT2D eigenvalue weighted by molar-refractivity contribution is 5.92. The summed E-state index contributed by atoms with van der Waals surface area (Å²) in [5.74, 6) is -0.0735. The van der Waals surface area contributed by atoms with Crippen LogP contribution < -0.4 is 24.4 Å². The van der Waals surface area contributed by atoms with E-state index >= 15 is 0 Å². The summed E-state index contributed by atoms with van der Waals surface area (Å²) in [6.07, 6.45) is 0.313. The number of carbonyl (C=O) groups is 2. The van der Waals surface area contributed by atoms with Gasteiger partial charge in [-0.3, -0.25) is 14.9 Å². The van der Waals surface area contributed by atoms with E-state index in [9.17, 15) is 19.7 Å². The predicted molar refractivity (Wildman–Crippen MR) is 134 cm³/mol. The van der Waals surface area contributed by atoms with Gasteiger partial charge in [-0.05, 0) is 67.9 Å². The van der Waals surface area contributed by atoms with Crippen molar-refractivity contribution < 1.29 is 33.5 Å². The van der Waals surface area contributed by atoms with Crippen LogP contribution in [0.3, 0.4) is 0 Å². The van der Waals surface area contributed by atoms with Gasteiger partial charge in [-0.15, -0.1) is 0 Å². The van der Waals surface area contributed by atoms with Crippen LogP contribution in [-0.2, 0) is 4.79 Å². The summed E-state index contributed by atoms with van der Waals surface area (Å²) < 4.78 is 21.5.